The quantitative estimate of drug-likeness (QED) is 0.867. The molecule has 2 aromatic carbocycles. The second-order valence-electron chi connectivity index (χ2n) is 5.49. The Kier molecular flexibility index (Phi) is 3.85. The maximum atomic E-state index is 12.4. The van der Waals surface area contributed by atoms with Crippen LogP contribution in [-0.4, -0.2) is 27.6 Å². The third-order valence-electron chi connectivity index (χ3n) is 3.96. The Hall–Kier alpha value is -2.34. The van der Waals surface area contributed by atoms with Crippen LogP contribution in [0.4, 0.5) is 5.69 Å². The standard InChI is InChI=1S/C17H17NO4S/c1-22-13-9-7-12(8-10-13)16-11-17(19)14-5-3-4-6-15(14)18(16)23(2,20)21/h3-10,16H,11H2,1-2H3. The Bertz CT molecular complexity index is 843. The van der Waals surface area contributed by atoms with Gasteiger partial charge in [-0.3, -0.25) is 9.10 Å². The lowest BCUT2D eigenvalue weighted by Gasteiger charge is -2.36. The molecule has 3 rings (SSSR count). The highest BCUT2D eigenvalue weighted by molar-refractivity contribution is 7.92. The molecule has 1 heterocycles. The van der Waals surface area contributed by atoms with Gasteiger partial charge in [0.25, 0.3) is 0 Å². The molecular formula is C17H17NO4S. The van der Waals surface area contributed by atoms with E-state index in [1.807, 2.05) is 0 Å². The lowest BCUT2D eigenvalue weighted by Crippen LogP contribution is -2.39. The van der Waals surface area contributed by atoms with Gasteiger partial charge in [0.1, 0.15) is 5.75 Å². The van der Waals surface area contributed by atoms with Crippen LogP contribution in [0.3, 0.4) is 0 Å². The number of sulfonamides is 1. The second kappa shape index (κ2) is 5.70. The topological polar surface area (TPSA) is 63.7 Å². The summed E-state index contributed by atoms with van der Waals surface area (Å²) in [5.74, 6) is 0.628. The SMILES string of the molecule is COc1ccc(C2CC(=O)c3ccccc3N2S(C)(=O)=O)cc1. The fourth-order valence-electron chi connectivity index (χ4n) is 2.93. The van der Waals surface area contributed by atoms with Crippen molar-refractivity contribution in [3.63, 3.8) is 0 Å². The summed E-state index contributed by atoms with van der Waals surface area (Å²) in [6.45, 7) is 0. The van der Waals surface area contributed by atoms with Crippen molar-refractivity contribution in [3.05, 3.63) is 59.7 Å². The molecule has 2 aromatic rings. The Labute approximate surface area is 135 Å². The van der Waals surface area contributed by atoms with Crippen molar-refractivity contribution in [1.29, 1.82) is 0 Å². The van der Waals surface area contributed by atoms with Crippen molar-refractivity contribution < 1.29 is 17.9 Å². The van der Waals surface area contributed by atoms with Crippen LogP contribution in [-0.2, 0) is 10.0 Å². The summed E-state index contributed by atoms with van der Waals surface area (Å²) in [6.07, 6.45) is 1.28. The van der Waals surface area contributed by atoms with Crippen molar-refractivity contribution in [2.45, 2.75) is 12.5 Å². The van der Waals surface area contributed by atoms with Gasteiger partial charge in [-0.15, -0.1) is 0 Å². The molecule has 0 amide bonds. The van der Waals surface area contributed by atoms with Crippen LogP contribution in [0, 0.1) is 0 Å². The third kappa shape index (κ3) is 2.82. The molecule has 1 aliphatic rings. The summed E-state index contributed by atoms with van der Waals surface area (Å²) in [6, 6.07) is 13.4. The van der Waals surface area contributed by atoms with Crippen LogP contribution < -0.4 is 9.04 Å². The molecule has 120 valence electrons. The minimum absolute atomic E-state index is 0.0543. The summed E-state index contributed by atoms with van der Waals surface area (Å²) in [7, 11) is -1.96. The van der Waals surface area contributed by atoms with Gasteiger partial charge in [0.15, 0.2) is 5.78 Å². The summed E-state index contributed by atoms with van der Waals surface area (Å²) < 4.78 is 31.2. The second-order valence-corrected chi connectivity index (χ2v) is 7.35. The van der Waals surface area contributed by atoms with Crippen molar-refractivity contribution in [2.24, 2.45) is 0 Å². The van der Waals surface area contributed by atoms with Gasteiger partial charge >= 0.3 is 0 Å². The van der Waals surface area contributed by atoms with Gasteiger partial charge < -0.3 is 4.74 Å². The Morgan fingerprint density at radius 1 is 1.09 bits per heavy atom. The van der Waals surface area contributed by atoms with Crippen molar-refractivity contribution in [1.82, 2.24) is 0 Å². The third-order valence-corrected chi connectivity index (χ3v) is 5.13. The van der Waals surface area contributed by atoms with E-state index in [-0.39, 0.29) is 12.2 Å². The molecule has 1 aliphatic heterocycles. The molecule has 23 heavy (non-hydrogen) atoms. The Balaban J connectivity index is 2.14. The number of ether oxygens (including phenoxy) is 1. The van der Waals surface area contributed by atoms with E-state index in [2.05, 4.69) is 0 Å². The molecule has 0 bridgehead atoms. The number of fused-ring (bicyclic) bond motifs is 1. The Morgan fingerprint density at radius 3 is 2.35 bits per heavy atom. The van der Waals surface area contributed by atoms with Gasteiger partial charge in [-0.25, -0.2) is 8.42 Å². The highest BCUT2D eigenvalue weighted by Gasteiger charge is 2.37. The van der Waals surface area contributed by atoms with E-state index in [9.17, 15) is 13.2 Å². The van der Waals surface area contributed by atoms with Crippen LogP contribution >= 0.6 is 0 Å². The summed E-state index contributed by atoms with van der Waals surface area (Å²) >= 11 is 0. The summed E-state index contributed by atoms with van der Waals surface area (Å²) in [5.41, 5.74) is 1.65. The van der Waals surface area contributed by atoms with Crippen LogP contribution in [0.1, 0.15) is 28.4 Å². The van der Waals surface area contributed by atoms with Crippen molar-refractivity contribution >= 4 is 21.5 Å². The average Bonchev–Trinajstić information content (AvgIpc) is 2.53. The van der Waals surface area contributed by atoms with E-state index in [1.165, 1.54) is 4.31 Å². The number of methoxy groups -OCH3 is 1. The van der Waals surface area contributed by atoms with E-state index in [0.29, 0.717) is 17.0 Å². The zero-order valence-corrected chi connectivity index (χ0v) is 13.7. The Morgan fingerprint density at radius 2 is 1.74 bits per heavy atom. The van der Waals surface area contributed by atoms with E-state index in [1.54, 1.807) is 55.6 Å². The molecule has 6 heteroatoms. The largest absolute Gasteiger partial charge is 0.497 e. The number of rotatable bonds is 3. The van der Waals surface area contributed by atoms with Crippen LogP contribution in [0.2, 0.25) is 0 Å². The van der Waals surface area contributed by atoms with Gasteiger partial charge in [0.05, 0.1) is 25.1 Å². The van der Waals surface area contributed by atoms with Gasteiger partial charge in [-0.05, 0) is 29.8 Å². The van der Waals surface area contributed by atoms with E-state index in [0.717, 1.165) is 11.8 Å². The number of ketones is 1. The molecule has 0 fully saturated rings. The average molecular weight is 331 g/mol. The highest BCUT2D eigenvalue weighted by Crippen LogP contribution is 2.40. The first-order valence-electron chi connectivity index (χ1n) is 7.17. The number of para-hydroxylation sites is 1. The zero-order chi connectivity index (χ0) is 16.6. The number of nitrogens with zero attached hydrogens (tertiary/aromatic N) is 1. The van der Waals surface area contributed by atoms with Gasteiger partial charge in [0.2, 0.25) is 10.0 Å². The number of hydrogen-bond acceptors (Lipinski definition) is 4. The monoisotopic (exact) mass is 331 g/mol. The fourth-order valence-corrected chi connectivity index (χ4v) is 4.10. The highest BCUT2D eigenvalue weighted by atomic mass is 32.2. The number of carbonyl (C=O) groups excluding carboxylic acids is 1. The molecule has 1 atom stereocenters. The first-order chi connectivity index (χ1) is 10.9. The first kappa shape index (κ1) is 15.6. The maximum Gasteiger partial charge on any atom is 0.232 e. The number of carbonyl (C=O) groups is 1. The molecule has 0 radical (unpaired) electrons. The molecule has 5 nitrogen and oxygen atoms in total. The minimum atomic E-state index is -3.53. The number of benzene rings is 2. The normalized spacial score (nSPS) is 17.7. The zero-order valence-electron chi connectivity index (χ0n) is 12.9. The molecule has 0 aliphatic carbocycles. The van der Waals surface area contributed by atoms with Crippen LogP contribution in [0.25, 0.3) is 0 Å². The minimum Gasteiger partial charge on any atom is -0.497 e. The summed E-state index contributed by atoms with van der Waals surface area (Å²) in [4.78, 5) is 12.4. The lowest BCUT2D eigenvalue weighted by atomic mass is 9.92. The molecule has 0 aromatic heterocycles. The van der Waals surface area contributed by atoms with E-state index < -0.39 is 16.1 Å². The van der Waals surface area contributed by atoms with Crippen molar-refractivity contribution in [3.8, 4) is 5.75 Å². The molecular weight excluding hydrogens is 314 g/mol. The number of hydrogen-bond donors (Lipinski definition) is 0. The first-order valence-corrected chi connectivity index (χ1v) is 9.02. The van der Waals surface area contributed by atoms with Crippen LogP contribution in [0.15, 0.2) is 48.5 Å². The fraction of sp³-hybridized carbons (Fsp3) is 0.235. The smallest absolute Gasteiger partial charge is 0.232 e. The van der Waals surface area contributed by atoms with E-state index in [4.69, 9.17) is 4.74 Å². The molecule has 0 saturated carbocycles. The van der Waals surface area contributed by atoms with Gasteiger partial charge in [-0.2, -0.15) is 0 Å². The predicted molar refractivity (Wildman–Crippen MR) is 88.4 cm³/mol. The predicted octanol–water partition coefficient (Wildman–Crippen LogP) is 2.79. The van der Waals surface area contributed by atoms with Crippen molar-refractivity contribution in [2.75, 3.05) is 17.7 Å². The number of Topliss-reactive ketones (excluding diaryl/α,β-unsaturated/α-hetero) is 1. The maximum absolute atomic E-state index is 12.4. The lowest BCUT2D eigenvalue weighted by molar-refractivity contribution is 0.0969. The molecule has 0 spiro atoms. The molecule has 0 N–H and O–H groups in total. The molecule has 0 saturated heterocycles. The van der Waals surface area contributed by atoms with Gasteiger partial charge in [-0.1, -0.05) is 24.3 Å². The summed E-state index contributed by atoms with van der Waals surface area (Å²) in [5, 5.41) is 0. The van der Waals surface area contributed by atoms with Crippen LogP contribution in [0.5, 0.6) is 5.75 Å². The molecule has 1 unspecified atom stereocenters. The number of anilines is 1. The van der Waals surface area contributed by atoms with E-state index >= 15 is 0 Å². The van der Waals surface area contributed by atoms with Gasteiger partial charge in [0, 0.05) is 12.0 Å².